The van der Waals surface area contributed by atoms with E-state index >= 15 is 0 Å². The van der Waals surface area contributed by atoms with Crippen LogP contribution < -0.4 is 0 Å². The van der Waals surface area contributed by atoms with Crippen molar-refractivity contribution in [2.75, 3.05) is 0 Å². The van der Waals surface area contributed by atoms with Crippen molar-refractivity contribution in [2.24, 2.45) is 11.8 Å². The number of fused-ring (bicyclic) bond motifs is 2. The molecule has 2 aliphatic rings. The highest BCUT2D eigenvalue weighted by molar-refractivity contribution is 5.37. The van der Waals surface area contributed by atoms with Crippen LogP contribution in [0.1, 0.15) is 16.7 Å². The van der Waals surface area contributed by atoms with Crippen LogP contribution in [0.3, 0.4) is 0 Å². The van der Waals surface area contributed by atoms with Crippen molar-refractivity contribution in [3.8, 4) is 0 Å². The minimum Gasteiger partial charge on any atom is -0.0805 e. The first-order chi connectivity index (χ1) is 7.33. The molecule has 0 heterocycles. The lowest BCUT2D eigenvalue weighted by Crippen LogP contribution is -2.23. The normalized spacial score (nSPS) is 27.3. The van der Waals surface area contributed by atoms with Crippen molar-refractivity contribution in [1.29, 1.82) is 0 Å². The van der Waals surface area contributed by atoms with Crippen LogP contribution in [0, 0.1) is 18.8 Å². The molecule has 0 saturated carbocycles. The van der Waals surface area contributed by atoms with Crippen LogP contribution in [-0.4, -0.2) is 0 Å². The molecule has 0 nitrogen and oxygen atoms in total. The first-order valence-corrected chi connectivity index (χ1v) is 5.76. The molecule has 0 amide bonds. The van der Waals surface area contributed by atoms with E-state index in [0.29, 0.717) is 0 Å². The Labute approximate surface area is 91.3 Å². The Morgan fingerprint density at radius 1 is 0.933 bits per heavy atom. The Bertz CT molecular complexity index is 437. The van der Waals surface area contributed by atoms with Gasteiger partial charge < -0.3 is 0 Å². The van der Waals surface area contributed by atoms with Gasteiger partial charge in [0.25, 0.3) is 0 Å². The second-order valence-corrected chi connectivity index (χ2v) is 4.78. The molecule has 2 atom stereocenters. The van der Waals surface area contributed by atoms with Gasteiger partial charge in [-0.25, -0.2) is 0 Å². The molecule has 15 heavy (non-hydrogen) atoms. The average Bonchev–Trinajstić information content (AvgIpc) is 2.26. The zero-order valence-corrected chi connectivity index (χ0v) is 9.11. The van der Waals surface area contributed by atoms with Gasteiger partial charge in [-0.2, -0.15) is 0 Å². The lowest BCUT2D eigenvalue weighted by molar-refractivity contribution is 0.437. The van der Waals surface area contributed by atoms with Crippen LogP contribution in [0.4, 0.5) is 0 Å². The molecule has 1 aromatic rings. The molecular formula is C15H16. The summed E-state index contributed by atoms with van der Waals surface area (Å²) < 4.78 is 0. The van der Waals surface area contributed by atoms with Crippen LogP contribution >= 0.6 is 0 Å². The third-order valence-electron chi connectivity index (χ3n) is 3.65. The molecule has 3 rings (SSSR count). The first-order valence-electron chi connectivity index (χ1n) is 5.76. The fraction of sp³-hybridized carbons (Fsp3) is 0.333. The highest BCUT2D eigenvalue weighted by atomic mass is 14.3. The quantitative estimate of drug-likeness (QED) is 0.596. The fourth-order valence-corrected chi connectivity index (χ4v) is 2.79. The predicted octanol–water partition coefficient (Wildman–Crippen LogP) is 3.45. The van der Waals surface area contributed by atoms with E-state index in [-0.39, 0.29) is 0 Å². The Kier molecular flexibility index (Phi) is 2.02. The average molecular weight is 196 g/mol. The van der Waals surface area contributed by atoms with Gasteiger partial charge in [0, 0.05) is 0 Å². The van der Waals surface area contributed by atoms with Gasteiger partial charge in [0.1, 0.15) is 0 Å². The van der Waals surface area contributed by atoms with Gasteiger partial charge in [-0.15, -0.1) is 0 Å². The van der Waals surface area contributed by atoms with Crippen molar-refractivity contribution in [3.05, 3.63) is 59.2 Å². The zero-order valence-electron chi connectivity index (χ0n) is 9.11. The predicted molar refractivity (Wildman–Crippen MR) is 63.8 cm³/mol. The SMILES string of the molecule is Cc1ccc2c(c1)C[C@H]1C=CC=C[C@@H]1C2. The minimum absolute atomic E-state index is 0.740. The number of hydrogen-bond acceptors (Lipinski definition) is 0. The third kappa shape index (κ3) is 1.54. The number of aryl methyl sites for hydroxylation is 1. The molecule has 76 valence electrons. The van der Waals surface area contributed by atoms with Crippen LogP contribution in [0.2, 0.25) is 0 Å². The van der Waals surface area contributed by atoms with Crippen molar-refractivity contribution in [1.82, 2.24) is 0 Å². The standard InChI is InChI=1S/C15H16/c1-11-6-7-14-9-12-4-2-3-5-13(12)10-15(14)8-11/h2-8,12-13H,9-10H2,1H3/t12-,13-/m1/s1. The molecule has 0 unspecified atom stereocenters. The first kappa shape index (κ1) is 8.96. The Morgan fingerprint density at radius 3 is 2.33 bits per heavy atom. The number of hydrogen-bond donors (Lipinski definition) is 0. The molecule has 0 radical (unpaired) electrons. The van der Waals surface area contributed by atoms with Crippen LogP contribution in [-0.2, 0) is 12.8 Å². The Hall–Kier alpha value is -1.30. The van der Waals surface area contributed by atoms with Crippen LogP contribution in [0.15, 0.2) is 42.5 Å². The number of allylic oxidation sites excluding steroid dienone is 4. The molecule has 0 aromatic heterocycles. The minimum atomic E-state index is 0.740. The van der Waals surface area contributed by atoms with Gasteiger partial charge in [-0.3, -0.25) is 0 Å². The summed E-state index contributed by atoms with van der Waals surface area (Å²) in [6.07, 6.45) is 11.6. The van der Waals surface area contributed by atoms with Gasteiger partial charge >= 0.3 is 0 Å². The van der Waals surface area contributed by atoms with Crippen LogP contribution in [0.5, 0.6) is 0 Å². The Morgan fingerprint density at radius 2 is 1.60 bits per heavy atom. The van der Waals surface area contributed by atoms with E-state index in [1.807, 2.05) is 0 Å². The van der Waals surface area contributed by atoms with Gasteiger partial charge in [0.05, 0.1) is 0 Å². The maximum Gasteiger partial charge on any atom is -0.0124 e. The summed E-state index contributed by atoms with van der Waals surface area (Å²) in [5.41, 5.74) is 4.51. The van der Waals surface area contributed by atoms with Crippen molar-refractivity contribution in [2.45, 2.75) is 19.8 Å². The monoisotopic (exact) mass is 196 g/mol. The largest absolute Gasteiger partial charge is 0.0805 e. The smallest absolute Gasteiger partial charge is 0.0124 e. The van der Waals surface area contributed by atoms with E-state index in [1.54, 1.807) is 11.1 Å². The van der Waals surface area contributed by atoms with E-state index < -0.39 is 0 Å². The molecule has 0 fully saturated rings. The highest BCUT2D eigenvalue weighted by Crippen LogP contribution is 2.34. The zero-order chi connectivity index (χ0) is 10.3. The van der Waals surface area contributed by atoms with Gasteiger partial charge in [0.2, 0.25) is 0 Å². The summed E-state index contributed by atoms with van der Waals surface area (Å²) in [7, 11) is 0. The molecular weight excluding hydrogens is 180 g/mol. The maximum absolute atomic E-state index is 2.37. The van der Waals surface area contributed by atoms with E-state index in [1.165, 1.54) is 18.4 Å². The molecule has 0 aliphatic heterocycles. The second-order valence-electron chi connectivity index (χ2n) is 4.78. The number of rotatable bonds is 0. The van der Waals surface area contributed by atoms with E-state index in [4.69, 9.17) is 0 Å². The summed E-state index contributed by atoms with van der Waals surface area (Å²) in [5.74, 6) is 1.48. The second kappa shape index (κ2) is 3.37. The topological polar surface area (TPSA) is 0 Å². The summed E-state index contributed by atoms with van der Waals surface area (Å²) in [6, 6.07) is 6.91. The third-order valence-corrected chi connectivity index (χ3v) is 3.65. The van der Waals surface area contributed by atoms with Gasteiger partial charge in [-0.05, 0) is 42.7 Å². The summed E-state index contributed by atoms with van der Waals surface area (Å²) in [6.45, 7) is 2.18. The van der Waals surface area contributed by atoms with E-state index in [9.17, 15) is 0 Å². The van der Waals surface area contributed by atoms with E-state index in [2.05, 4.69) is 49.4 Å². The highest BCUT2D eigenvalue weighted by Gasteiger charge is 2.25. The van der Waals surface area contributed by atoms with Gasteiger partial charge in [-0.1, -0.05) is 48.1 Å². The molecule has 0 saturated heterocycles. The molecule has 0 heteroatoms. The summed E-state index contributed by atoms with van der Waals surface area (Å²) >= 11 is 0. The molecule has 2 aliphatic carbocycles. The van der Waals surface area contributed by atoms with Crippen molar-refractivity contribution in [3.63, 3.8) is 0 Å². The van der Waals surface area contributed by atoms with Crippen LogP contribution in [0.25, 0.3) is 0 Å². The fourth-order valence-electron chi connectivity index (χ4n) is 2.79. The lowest BCUT2D eigenvalue weighted by atomic mass is 9.74. The summed E-state index contributed by atoms with van der Waals surface area (Å²) in [5, 5.41) is 0. The van der Waals surface area contributed by atoms with E-state index in [0.717, 1.165) is 11.8 Å². The number of benzene rings is 1. The molecule has 0 spiro atoms. The Balaban J connectivity index is 2.00. The van der Waals surface area contributed by atoms with Crippen molar-refractivity contribution >= 4 is 0 Å². The maximum atomic E-state index is 2.37. The lowest BCUT2D eigenvalue weighted by Gasteiger charge is -2.31. The van der Waals surface area contributed by atoms with Gasteiger partial charge in [0.15, 0.2) is 0 Å². The van der Waals surface area contributed by atoms with Crippen molar-refractivity contribution < 1.29 is 0 Å². The summed E-state index contributed by atoms with van der Waals surface area (Å²) in [4.78, 5) is 0. The molecule has 1 aromatic carbocycles. The molecule has 0 bridgehead atoms. The molecule has 0 N–H and O–H groups in total.